The highest BCUT2D eigenvalue weighted by atomic mass is 16.5. The smallest absolute Gasteiger partial charge is 0.414 e. The van der Waals surface area contributed by atoms with Crippen molar-refractivity contribution in [3.63, 3.8) is 0 Å². The Balaban J connectivity index is 0.00000239. The number of hydrogen-bond acceptors (Lipinski definition) is 5. The second-order valence-corrected chi connectivity index (χ2v) is 11.6. The van der Waals surface area contributed by atoms with Crippen LogP contribution in [0.4, 0.5) is 0 Å². The highest BCUT2D eigenvalue weighted by molar-refractivity contribution is 6.27. The van der Waals surface area contributed by atoms with Crippen LogP contribution in [0.3, 0.4) is 0 Å². The van der Waals surface area contributed by atoms with E-state index < -0.39 is 11.9 Å². The zero-order valence-electron chi connectivity index (χ0n) is 27.4. The average molecular weight is 619 g/mol. The molecule has 4 N–H and O–H groups in total. The van der Waals surface area contributed by atoms with Crippen molar-refractivity contribution in [1.29, 1.82) is 0 Å². The van der Waals surface area contributed by atoms with Crippen LogP contribution in [-0.4, -0.2) is 57.8 Å². The van der Waals surface area contributed by atoms with Crippen LogP contribution in [-0.2, 0) is 22.7 Å². The molecular weight excluding hydrogens is 560 g/mol. The molecule has 0 aliphatic carbocycles. The molecule has 1 heterocycles. The highest BCUT2D eigenvalue weighted by Gasteiger charge is 2.10. The number of carboxylic acid groups (broad SMARTS) is 2. The summed E-state index contributed by atoms with van der Waals surface area (Å²) in [6.45, 7) is 4.36. The van der Waals surface area contributed by atoms with Gasteiger partial charge >= 0.3 is 11.9 Å². The monoisotopic (exact) mass is 618 g/mol. The zero-order valence-corrected chi connectivity index (χ0v) is 27.4. The fourth-order valence-corrected chi connectivity index (χ4v) is 4.92. The predicted octanol–water partition coefficient (Wildman–Crippen LogP) is 6.93. The summed E-state index contributed by atoms with van der Waals surface area (Å²) in [4.78, 5) is 33.0. The maximum Gasteiger partial charge on any atom is 0.414 e. The van der Waals surface area contributed by atoms with Gasteiger partial charge in [0.15, 0.2) is 5.75 Å². The molecule has 0 unspecified atom stereocenters. The van der Waals surface area contributed by atoms with E-state index in [0.717, 1.165) is 25.2 Å². The number of nitrogens with zero attached hydrogens (tertiary/aromatic N) is 2. The van der Waals surface area contributed by atoms with E-state index in [0.29, 0.717) is 12.4 Å². The molecule has 0 radical (unpaired) electrons. The number of carbonyl (C=O) groups is 2. The number of benzene rings is 1. The van der Waals surface area contributed by atoms with Crippen molar-refractivity contribution < 1.29 is 30.0 Å². The number of rotatable bonds is 22. The number of pyridine rings is 1. The van der Waals surface area contributed by atoms with Crippen LogP contribution in [0.5, 0.6) is 5.75 Å². The Hall–Kier alpha value is -3.17. The van der Waals surface area contributed by atoms with Gasteiger partial charge in [-0.3, -0.25) is 4.79 Å². The van der Waals surface area contributed by atoms with E-state index in [4.69, 9.17) is 24.5 Å². The molecule has 250 valence electrons. The van der Waals surface area contributed by atoms with Crippen molar-refractivity contribution in [3.05, 3.63) is 64.1 Å². The van der Waals surface area contributed by atoms with Gasteiger partial charge in [0.25, 0.3) is 0 Å². The Morgan fingerprint density at radius 1 is 0.750 bits per heavy atom. The average Bonchev–Trinajstić information content (AvgIpc) is 2.97. The Morgan fingerprint density at radius 2 is 1.20 bits per heavy atom. The molecule has 0 aliphatic rings. The summed E-state index contributed by atoms with van der Waals surface area (Å²) in [6.07, 6.45) is 23.6. The third-order valence-corrected chi connectivity index (χ3v) is 7.29. The van der Waals surface area contributed by atoms with Gasteiger partial charge in [-0.2, -0.15) is 0 Å². The largest absolute Gasteiger partial charge is 0.488 e. The fourth-order valence-electron chi connectivity index (χ4n) is 4.92. The summed E-state index contributed by atoms with van der Waals surface area (Å²) < 4.78 is 8.10. The molecule has 9 nitrogen and oxygen atoms in total. The molecule has 0 bridgehead atoms. The number of hydrogen-bond donors (Lipinski definition) is 2. The molecule has 0 aliphatic heterocycles. The Bertz CT molecular complexity index is 1060. The van der Waals surface area contributed by atoms with Gasteiger partial charge in [0.05, 0.1) is 12.8 Å². The van der Waals surface area contributed by atoms with Crippen LogP contribution in [0, 0.1) is 0 Å². The summed E-state index contributed by atoms with van der Waals surface area (Å²) in [5.74, 6) is -3.18. The maximum absolute atomic E-state index is 12.7. The molecule has 0 amide bonds. The van der Waals surface area contributed by atoms with E-state index in [2.05, 4.69) is 40.7 Å². The van der Waals surface area contributed by atoms with Crippen molar-refractivity contribution in [2.24, 2.45) is 0 Å². The molecule has 1 aromatic heterocycles. The van der Waals surface area contributed by atoms with Crippen molar-refractivity contribution in [1.82, 2.24) is 9.47 Å². The number of unbranched alkanes of at least 4 members (excludes halogenated alkanes) is 15. The van der Waals surface area contributed by atoms with Gasteiger partial charge in [-0.15, -0.1) is 0 Å². The van der Waals surface area contributed by atoms with Gasteiger partial charge in [0, 0.05) is 24.8 Å². The van der Waals surface area contributed by atoms with Gasteiger partial charge < -0.3 is 29.9 Å². The molecule has 0 saturated heterocycles. The normalized spacial score (nSPS) is 10.5. The van der Waals surface area contributed by atoms with Gasteiger partial charge in [0.2, 0.25) is 5.43 Å². The topological polar surface area (TPSA) is 141 Å². The number of aliphatic carboxylic acids is 2. The van der Waals surface area contributed by atoms with Crippen molar-refractivity contribution in [2.45, 2.75) is 123 Å². The molecule has 44 heavy (non-hydrogen) atoms. The summed E-state index contributed by atoms with van der Waals surface area (Å²) in [5.41, 5.74) is 2.21. The molecule has 0 atom stereocenters. The van der Waals surface area contributed by atoms with Gasteiger partial charge in [-0.25, -0.2) is 9.59 Å². The fraction of sp³-hybridized carbons (Fsp3) is 0.629. The summed E-state index contributed by atoms with van der Waals surface area (Å²) >= 11 is 0. The first-order chi connectivity index (χ1) is 20.7. The summed E-state index contributed by atoms with van der Waals surface area (Å²) in [6, 6.07) is 12.1. The molecule has 0 saturated carbocycles. The number of carboxylic acids is 2. The van der Waals surface area contributed by atoms with Crippen molar-refractivity contribution in [3.8, 4) is 5.75 Å². The van der Waals surface area contributed by atoms with Gasteiger partial charge in [-0.05, 0) is 26.1 Å². The first-order valence-electron chi connectivity index (χ1n) is 16.3. The number of aromatic nitrogens is 1. The summed E-state index contributed by atoms with van der Waals surface area (Å²) in [7, 11) is 4.05. The number of ether oxygens (including phenoxy) is 1. The van der Waals surface area contributed by atoms with E-state index in [-0.39, 0.29) is 10.9 Å². The Morgan fingerprint density at radius 3 is 1.64 bits per heavy atom. The lowest BCUT2D eigenvalue weighted by Crippen LogP contribution is -2.21. The van der Waals surface area contributed by atoms with Crippen molar-refractivity contribution >= 4 is 11.9 Å². The van der Waals surface area contributed by atoms with Crippen LogP contribution < -0.4 is 10.2 Å². The van der Waals surface area contributed by atoms with Gasteiger partial charge in [-0.1, -0.05) is 134 Å². The van der Waals surface area contributed by atoms with E-state index in [1.54, 1.807) is 6.07 Å². The highest BCUT2D eigenvalue weighted by Crippen LogP contribution is 2.15. The second kappa shape index (κ2) is 26.3. The molecule has 0 fully saturated rings. The molecule has 2 aromatic rings. The first-order valence-corrected chi connectivity index (χ1v) is 16.3. The molecule has 1 aromatic carbocycles. The lowest BCUT2D eigenvalue weighted by molar-refractivity contribution is -0.159. The molecule has 2 rings (SSSR count). The second-order valence-electron chi connectivity index (χ2n) is 11.6. The van der Waals surface area contributed by atoms with E-state index in [1.165, 1.54) is 102 Å². The zero-order chi connectivity index (χ0) is 31.7. The minimum Gasteiger partial charge on any atom is -0.488 e. The Labute approximate surface area is 264 Å². The molecule has 0 spiro atoms. The van der Waals surface area contributed by atoms with E-state index in [1.807, 2.05) is 26.4 Å². The minimum absolute atomic E-state index is 0. The lowest BCUT2D eigenvalue weighted by Gasteiger charge is -2.18. The van der Waals surface area contributed by atoms with E-state index in [9.17, 15) is 4.79 Å². The standard InChI is InChI=1S/C33H54N2O2.C2H2O4.H2O/c1-4-5-6-7-8-9-10-11-12-13-14-15-16-17-18-22-25-37-33-29-35(27-30-23-20-19-21-24-30)31(26-32(33)36)28-34(2)3;3-1(4)2(5)6;/h19-21,23-24,26,29H,4-18,22,25,27-28H2,1-3H3;(H,3,4)(H,5,6);1H2. The lowest BCUT2D eigenvalue weighted by atomic mass is 10.0. The van der Waals surface area contributed by atoms with Crippen LogP contribution in [0.25, 0.3) is 0 Å². The molecule has 9 heteroatoms. The quantitative estimate of drug-likeness (QED) is 0.108. The minimum atomic E-state index is -1.82. The summed E-state index contributed by atoms with van der Waals surface area (Å²) in [5, 5.41) is 14.8. The maximum atomic E-state index is 12.7. The first kappa shape index (κ1) is 40.8. The van der Waals surface area contributed by atoms with Crippen molar-refractivity contribution in [2.75, 3.05) is 20.7 Å². The van der Waals surface area contributed by atoms with Crippen LogP contribution in [0.2, 0.25) is 0 Å². The third kappa shape index (κ3) is 20.7. The molecular formula is C35H58N2O7. The van der Waals surface area contributed by atoms with Crippen LogP contribution >= 0.6 is 0 Å². The van der Waals surface area contributed by atoms with E-state index >= 15 is 0 Å². The third-order valence-electron chi connectivity index (χ3n) is 7.29. The van der Waals surface area contributed by atoms with Gasteiger partial charge in [0.1, 0.15) is 0 Å². The predicted molar refractivity (Wildman–Crippen MR) is 178 cm³/mol. The van der Waals surface area contributed by atoms with Crippen LogP contribution in [0.1, 0.15) is 121 Å². The van der Waals surface area contributed by atoms with Crippen LogP contribution in [0.15, 0.2) is 47.4 Å². The SMILES string of the molecule is CCCCCCCCCCCCCCCCCCOc1cn(Cc2ccccc2)c(CN(C)C)cc1=O.O.O=C(O)C(=O)O. The Kier molecular flexibility index (Phi) is 24.4.